The predicted octanol–water partition coefficient (Wildman–Crippen LogP) is -1.30. The third-order valence-corrected chi connectivity index (χ3v) is 6.74. The van der Waals surface area contributed by atoms with Crippen LogP contribution in [-0.4, -0.2) is 120 Å². The molecule has 0 saturated carbocycles. The number of fused-ring (bicyclic) bond motifs is 1. The number of thiocarbonyl (C=S) groups is 1. The van der Waals surface area contributed by atoms with Crippen LogP contribution in [0.2, 0.25) is 0 Å². The van der Waals surface area contributed by atoms with Gasteiger partial charge in [0, 0.05) is 34.6 Å². The van der Waals surface area contributed by atoms with E-state index in [0.29, 0.717) is 0 Å². The van der Waals surface area contributed by atoms with Gasteiger partial charge >= 0.3 is 29.8 Å². The Kier molecular flexibility index (Phi) is 11.8. The molecular weight excluding hydrogens is 612 g/mol. The van der Waals surface area contributed by atoms with Gasteiger partial charge in [0.05, 0.1) is 12.6 Å². The molecule has 3 aliphatic rings. The Labute approximate surface area is 258 Å². The van der Waals surface area contributed by atoms with E-state index in [1.165, 1.54) is 6.92 Å². The highest BCUT2D eigenvalue weighted by Gasteiger charge is 2.59. The van der Waals surface area contributed by atoms with E-state index in [1.54, 1.807) is 13.8 Å². The number of carbonyl (C=O) groups is 5. The summed E-state index contributed by atoms with van der Waals surface area (Å²) >= 11 is 5.47. The molecule has 3 fully saturated rings. The molecule has 3 rings (SSSR count). The number of hydrogen-bond donors (Lipinski definition) is 3. The predicted molar refractivity (Wildman–Crippen MR) is 146 cm³/mol. The highest BCUT2D eigenvalue weighted by atomic mass is 32.1. The first-order valence-corrected chi connectivity index (χ1v) is 14.1. The summed E-state index contributed by atoms with van der Waals surface area (Å²) in [5.41, 5.74) is 0. The van der Waals surface area contributed by atoms with Gasteiger partial charge in [-0.05, 0) is 26.1 Å². The van der Waals surface area contributed by atoms with Crippen LogP contribution in [0.3, 0.4) is 0 Å². The molecule has 248 valence electrons. The van der Waals surface area contributed by atoms with E-state index < -0.39 is 110 Å². The van der Waals surface area contributed by atoms with Crippen LogP contribution in [0, 0.1) is 0 Å². The van der Waals surface area contributed by atoms with Crippen LogP contribution in [0.4, 0.5) is 0 Å². The van der Waals surface area contributed by atoms with Gasteiger partial charge in [0.25, 0.3) is 0 Å². The Morgan fingerprint density at radius 2 is 1.34 bits per heavy atom. The fraction of sp³-hybridized carbons (Fsp3) is 0.769. The molecule has 3 aliphatic heterocycles. The quantitative estimate of drug-likeness (QED) is 0.142. The second-order valence-corrected chi connectivity index (χ2v) is 11.1. The Morgan fingerprint density at radius 3 is 1.89 bits per heavy atom. The van der Waals surface area contributed by atoms with Crippen molar-refractivity contribution in [3.63, 3.8) is 0 Å². The van der Waals surface area contributed by atoms with Crippen molar-refractivity contribution in [3.8, 4) is 0 Å². The average Bonchev–Trinajstić information content (AvgIpc) is 3.36. The molecule has 0 spiro atoms. The molecule has 3 saturated heterocycles. The monoisotopic (exact) mass is 650 g/mol. The van der Waals surface area contributed by atoms with Gasteiger partial charge in [0.15, 0.2) is 41.5 Å². The highest BCUT2D eigenvalue weighted by Crippen LogP contribution is 2.40. The van der Waals surface area contributed by atoms with Crippen molar-refractivity contribution in [2.75, 3.05) is 13.2 Å². The number of ether oxygens (including phenoxy) is 9. The molecule has 44 heavy (non-hydrogen) atoms. The van der Waals surface area contributed by atoms with Crippen molar-refractivity contribution >= 4 is 47.2 Å². The van der Waals surface area contributed by atoms with Crippen molar-refractivity contribution in [2.45, 2.75) is 116 Å². The van der Waals surface area contributed by atoms with Gasteiger partial charge in [-0.3, -0.25) is 24.0 Å². The normalized spacial score (nSPS) is 32.8. The molecule has 0 aromatic carbocycles. The maximum absolute atomic E-state index is 12.1. The molecule has 0 amide bonds. The summed E-state index contributed by atoms with van der Waals surface area (Å²) in [5.74, 6) is -4.69. The maximum atomic E-state index is 12.1. The molecule has 3 N–H and O–H groups in total. The minimum Gasteiger partial charge on any atom is -0.463 e. The van der Waals surface area contributed by atoms with Crippen LogP contribution in [0.1, 0.15) is 48.5 Å². The molecule has 0 radical (unpaired) electrons. The lowest BCUT2D eigenvalue weighted by molar-refractivity contribution is -0.255. The van der Waals surface area contributed by atoms with E-state index in [0.717, 1.165) is 27.7 Å². The van der Waals surface area contributed by atoms with Gasteiger partial charge in [-0.1, -0.05) is 0 Å². The smallest absolute Gasteiger partial charge is 0.305 e. The highest BCUT2D eigenvalue weighted by molar-refractivity contribution is 7.80. The Bertz CT molecular complexity index is 1120. The van der Waals surface area contributed by atoms with E-state index in [9.17, 15) is 29.1 Å². The first-order valence-electron chi connectivity index (χ1n) is 13.7. The SMILES string of the molecule is CC(=O)OC[C@H]1O[C@@H](NC(=S)N[C@@H](CO)[C@H]2O[C@H](OC(C)=O)[C@H]3OC(C)(C)O[C@H]32)[C@H](OC(C)=O)[C@@H](OC(C)=O)[C@@H]1OC(C)=O. The third-order valence-electron chi connectivity index (χ3n) is 6.50. The van der Waals surface area contributed by atoms with Crippen LogP contribution < -0.4 is 10.6 Å². The maximum Gasteiger partial charge on any atom is 0.305 e. The molecule has 0 aliphatic carbocycles. The number of hydrogen-bond acceptors (Lipinski definition) is 16. The Morgan fingerprint density at radius 1 is 0.795 bits per heavy atom. The second-order valence-electron chi connectivity index (χ2n) is 10.7. The van der Waals surface area contributed by atoms with E-state index in [-0.39, 0.29) is 5.11 Å². The lowest BCUT2D eigenvalue weighted by Gasteiger charge is -2.44. The van der Waals surface area contributed by atoms with Crippen molar-refractivity contribution in [1.29, 1.82) is 0 Å². The van der Waals surface area contributed by atoms with E-state index in [1.807, 2.05) is 0 Å². The van der Waals surface area contributed by atoms with Crippen LogP contribution in [0.5, 0.6) is 0 Å². The van der Waals surface area contributed by atoms with Crippen molar-refractivity contribution in [2.24, 2.45) is 0 Å². The van der Waals surface area contributed by atoms with E-state index in [2.05, 4.69) is 10.6 Å². The first-order chi connectivity index (χ1) is 20.5. The number of carbonyl (C=O) groups excluding carboxylic acids is 5. The fourth-order valence-corrected chi connectivity index (χ4v) is 5.36. The summed E-state index contributed by atoms with van der Waals surface area (Å²) in [4.78, 5) is 59.3. The average molecular weight is 651 g/mol. The summed E-state index contributed by atoms with van der Waals surface area (Å²) in [7, 11) is 0. The first kappa shape index (κ1) is 35.3. The molecule has 0 aromatic heterocycles. The Hall–Kier alpha value is -3.16. The van der Waals surface area contributed by atoms with Crippen LogP contribution >= 0.6 is 12.2 Å². The van der Waals surface area contributed by atoms with Gasteiger partial charge in [-0.15, -0.1) is 0 Å². The van der Waals surface area contributed by atoms with Gasteiger partial charge in [0.2, 0.25) is 6.29 Å². The minimum atomic E-state index is -1.42. The molecule has 0 unspecified atom stereocenters. The van der Waals surface area contributed by atoms with Crippen LogP contribution in [-0.2, 0) is 66.6 Å². The summed E-state index contributed by atoms with van der Waals surface area (Å²) in [6, 6.07) is -0.953. The zero-order valence-corrected chi connectivity index (χ0v) is 26.1. The zero-order chi connectivity index (χ0) is 32.9. The van der Waals surface area contributed by atoms with Gasteiger partial charge in [-0.25, -0.2) is 0 Å². The summed E-state index contributed by atoms with van der Waals surface area (Å²) in [6.45, 7) is 8.04. The lowest BCUT2D eigenvalue weighted by Crippen LogP contribution is -2.67. The molecule has 3 heterocycles. The number of aliphatic hydroxyl groups excluding tert-OH is 1. The van der Waals surface area contributed by atoms with Gasteiger partial charge < -0.3 is 58.4 Å². The van der Waals surface area contributed by atoms with Crippen molar-refractivity contribution in [1.82, 2.24) is 10.6 Å². The lowest BCUT2D eigenvalue weighted by atomic mass is 9.97. The summed E-state index contributed by atoms with van der Waals surface area (Å²) in [6.07, 6.45) is -10.4. The fourth-order valence-electron chi connectivity index (χ4n) is 5.09. The molecule has 18 heteroatoms. The molecular formula is C26H38N2O15S. The summed E-state index contributed by atoms with van der Waals surface area (Å²) < 4.78 is 50.2. The number of nitrogens with one attached hydrogen (secondary N) is 2. The Balaban J connectivity index is 1.85. The standard InChI is InChI=1S/C26H38N2O15S/c1-10(30)35-9-16-18(36-11(2)31)19(37-12(3)32)21(38-13(4)33)23(40-16)28-25(44)27-15(8-29)17-20-22(43-26(6,7)42-20)24(41-17)39-14(5)34/h15-24,29H,8-9H2,1-7H3,(H2,27,28,44)/t15-,16+,17+,18+,19-,20-,21+,22-,23+,24-/m0/s1. The largest absolute Gasteiger partial charge is 0.463 e. The number of esters is 5. The molecule has 0 bridgehead atoms. The van der Waals surface area contributed by atoms with Crippen molar-refractivity contribution in [3.05, 3.63) is 0 Å². The van der Waals surface area contributed by atoms with E-state index >= 15 is 0 Å². The van der Waals surface area contributed by atoms with E-state index in [4.69, 9.17) is 54.8 Å². The van der Waals surface area contributed by atoms with Gasteiger partial charge in [0.1, 0.15) is 24.9 Å². The second kappa shape index (κ2) is 14.7. The molecule has 10 atom stereocenters. The van der Waals surface area contributed by atoms with Gasteiger partial charge in [-0.2, -0.15) is 0 Å². The van der Waals surface area contributed by atoms with Crippen LogP contribution in [0.15, 0.2) is 0 Å². The van der Waals surface area contributed by atoms with Crippen LogP contribution in [0.25, 0.3) is 0 Å². The minimum absolute atomic E-state index is 0.154. The summed E-state index contributed by atoms with van der Waals surface area (Å²) in [5, 5.41) is 15.8. The number of rotatable bonds is 10. The topological polar surface area (TPSA) is 213 Å². The molecule has 17 nitrogen and oxygen atoms in total. The number of aliphatic hydroxyl groups is 1. The zero-order valence-electron chi connectivity index (χ0n) is 25.3. The van der Waals surface area contributed by atoms with Crippen molar-refractivity contribution < 1.29 is 71.7 Å². The molecule has 0 aromatic rings. The third kappa shape index (κ3) is 9.18.